The highest BCUT2D eigenvalue weighted by atomic mass is 79.9. The van der Waals surface area contributed by atoms with Crippen LogP contribution in [0.3, 0.4) is 0 Å². The predicted octanol–water partition coefficient (Wildman–Crippen LogP) is 3.78. The molecule has 1 fully saturated rings. The summed E-state index contributed by atoms with van der Waals surface area (Å²) >= 11 is 5.24. The molecule has 1 saturated heterocycles. The molecule has 0 saturated carbocycles. The summed E-state index contributed by atoms with van der Waals surface area (Å²) in [5.74, 6) is 0. The van der Waals surface area contributed by atoms with Gasteiger partial charge in [0.25, 0.3) is 0 Å². The third kappa shape index (κ3) is 3.45. The Morgan fingerprint density at radius 2 is 2.16 bits per heavy atom. The van der Waals surface area contributed by atoms with Crippen LogP contribution in [0.15, 0.2) is 46.3 Å². The molecule has 0 spiro atoms. The first-order valence-electron chi connectivity index (χ1n) is 6.44. The molecule has 2 atom stereocenters. The molecule has 2 nitrogen and oxygen atoms in total. The molecule has 100 valence electrons. The lowest BCUT2D eigenvalue weighted by molar-refractivity contribution is 0.00508. The molecule has 1 aromatic heterocycles. The normalized spacial score (nSPS) is 23.4. The summed E-state index contributed by atoms with van der Waals surface area (Å²) < 4.78 is 7.13. The second-order valence-electron chi connectivity index (χ2n) is 4.78. The van der Waals surface area contributed by atoms with E-state index in [4.69, 9.17) is 4.74 Å². The largest absolute Gasteiger partial charge is 0.370 e. The molecule has 0 amide bonds. The van der Waals surface area contributed by atoms with Gasteiger partial charge in [0.1, 0.15) is 6.10 Å². The third-order valence-corrected chi connectivity index (χ3v) is 5.11. The van der Waals surface area contributed by atoms with Gasteiger partial charge in [-0.25, -0.2) is 0 Å². The molecule has 1 aliphatic rings. The Labute approximate surface area is 125 Å². The van der Waals surface area contributed by atoms with Crippen LogP contribution in [-0.4, -0.2) is 19.2 Å². The third-order valence-electron chi connectivity index (χ3n) is 3.32. The molecule has 1 aromatic carbocycles. The van der Waals surface area contributed by atoms with Gasteiger partial charge in [0.15, 0.2) is 0 Å². The Hall–Kier alpha value is -0.680. The van der Waals surface area contributed by atoms with Crippen LogP contribution in [0.25, 0.3) is 0 Å². The summed E-state index contributed by atoms with van der Waals surface area (Å²) in [6.45, 7) is 1.67. The summed E-state index contributed by atoms with van der Waals surface area (Å²) in [7, 11) is 0. The summed E-state index contributed by atoms with van der Waals surface area (Å²) in [6.07, 6.45) is 1.23. The Kier molecular flexibility index (Phi) is 4.33. The number of morpholine rings is 1. The van der Waals surface area contributed by atoms with Gasteiger partial charge in [-0.3, -0.25) is 0 Å². The Bertz CT molecular complexity index is 520. The highest BCUT2D eigenvalue weighted by Gasteiger charge is 2.23. The van der Waals surface area contributed by atoms with Crippen molar-refractivity contribution in [2.24, 2.45) is 0 Å². The Morgan fingerprint density at radius 1 is 1.32 bits per heavy atom. The zero-order valence-corrected chi connectivity index (χ0v) is 12.9. The van der Waals surface area contributed by atoms with Crippen LogP contribution >= 0.6 is 27.3 Å². The van der Waals surface area contributed by atoms with Crippen LogP contribution in [0.1, 0.15) is 16.5 Å². The zero-order chi connectivity index (χ0) is 13.1. The number of benzene rings is 1. The van der Waals surface area contributed by atoms with Gasteiger partial charge in [-0.1, -0.05) is 30.3 Å². The van der Waals surface area contributed by atoms with Crippen LogP contribution < -0.4 is 5.32 Å². The van der Waals surface area contributed by atoms with E-state index in [2.05, 4.69) is 63.0 Å². The number of halogens is 1. The van der Waals surface area contributed by atoms with Crippen molar-refractivity contribution < 1.29 is 4.74 Å². The minimum absolute atomic E-state index is 0.198. The first-order valence-corrected chi connectivity index (χ1v) is 8.11. The number of ether oxygens (including phenoxy) is 1. The van der Waals surface area contributed by atoms with E-state index < -0.39 is 0 Å². The van der Waals surface area contributed by atoms with Crippen molar-refractivity contribution in [3.05, 3.63) is 56.7 Å². The minimum atomic E-state index is 0.198. The van der Waals surface area contributed by atoms with Crippen LogP contribution in [-0.2, 0) is 11.2 Å². The van der Waals surface area contributed by atoms with Crippen molar-refractivity contribution in [2.45, 2.75) is 18.6 Å². The molecule has 1 aliphatic heterocycles. The molecule has 3 rings (SSSR count). The van der Waals surface area contributed by atoms with Crippen LogP contribution in [0, 0.1) is 0 Å². The fraction of sp³-hybridized carbons (Fsp3) is 0.333. The van der Waals surface area contributed by atoms with Gasteiger partial charge in [0.05, 0.1) is 6.61 Å². The lowest BCUT2D eigenvalue weighted by Crippen LogP contribution is -2.43. The van der Waals surface area contributed by atoms with Gasteiger partial charge in [-0.2, -0.15) is 0 Å². The molecule has 0 aliphatic carbocycles. The fourth-order valence-electron chi connectivity index (χ4n) is 2.33. The van der Waals surface area contributed by atoms with Crippen molar-refractivity contribution in [3.8, 4) is 0 Å². The highest BCUT2D eigenvalue weighted by Crippen LogP contribution is 2.29. The van der Waals surface area contributed by atoms with E-state index in [1.54, 1.807) is 11.3 Å². The van der Waals surface area contributed by atoms with E-state index in [-0.39, 0.29) is 6.10 Å². The first-order chi connectivity index (χ1) is 9.31. The van der Waals surface area contributed by atoms with Crippen molar-refractivity contribution in [2.75, 3.05) is 13.2 Å². The van der Waals surface area contributed by atoms with Gasteiger partial charge in [0.2, 0.25) is 0 Å². The van der Waals surface area contributed by atoms with Crippen molar-refractivity contribution in [1.82, 2.24) is 5.32 Å². The van der Waals surface area contributed by atoms with Crippen molar-refractivity contribution in [3.63, 3.8) is 0 Å². The second-order valence-corrected chi connectivity index (χ2v) is 6.64. The molecule has 19 heavy (non-hydrogen) atoms. The number of hydrogen-bond donors (Lipinski definition) is 1. The maximum Gasteiger partial charge on any atom is 0.104 e. The number of hydrogen-bond acceptors (Lipinski definition) is 3. The molecule has 0 radical (unpaired) electrons. The number of thiophene rings is 1. The van der Waals surface area contributed by atoms with E-state index in [0.717, 1.165) is 24.0 Å². The van der Waals surface area contributed by atoms with E-state index in [9.17, 15) is 0 Å². The smallest absolute Gasteiger partial charge is 0.104 e. The van der Waals surface area contributed by atoms with Crippen LogP contribution in [0.2, 0.25) is 0 Å². The lowest BCUT2D eigenvalue weighted by Gasteiger charge is -2.30. The lowest BCUT2D eigenvalue weighted by atomic mass is 10.1. The number of nitrogens with one attached hydrogen (secondary N) is 1. The van der Waals surface area contributed by atoms with Gasteiger partial charge < -0.3 is 10.1 Å². The van der Waals surface area contributed by atoms with Crippen molar-refractivity contribution in [1.29, 1.82) is 0 Å². The molecule has 1 N–H and O–H groups in total. The number of rotatable bonds is 3. The SMILES string of the molecule is Brc1csc(C2CNC(Cc3ccccc3)CO2)c1. The highest BCUT2D eigenvalue weighted by molar-refractivity contribution is 9.10. The van der Waals surface area contributed by atoms with Gasteiger partial charge in [0, 0.05) is 27.3 Å². The maximum atomic E-state index is 5.99. The average molecular weight is 338 g/mol. The van der Waals surface area contributed by atoms with Gasteiger partial charge in [-0.05, 0) is 34.0 Å². The molecule has 2 heterocycles. The van der Waals surface area contributed by atoms with Gasteiger partial charge in [-0.15, -0.1) is 11.3 Å². The quantitative estimate of drug-likeness (QED) is 0.920. The second kappa shape index (κ2) is 6.18. The maximum absolute atomic E-state index is 5.99. The predicted molar refractivity (Wildman–Crippen MR) is 82.6 cm³/mol. The molecular weight excluding hydrogens is 322 g/mol. The van der Waals surface area contributed by atoms with E-state index >= 15 is 0 Å². The summed E-state index contributed by atoms with van der Waals surface area (Å²) in [5, 5.41) is 5.70. The molecule has 0 bridgehead atoms. The molecular formula is C15H16BrNOS. The van der Waals surface area contributed by atoms with E-state index in [1.165, 1.54) is 10.4 Å². The monoisotopic (exact) mass is 337 g/mol. The molecule has 2 aromatic rings. The zero-order valence-electron chi connectivity index (χ0n) is 10.5. The van der Waals surface area contributed by atoms with Crippen LogP contribution in [0.4, 0.5) is 0 Å². The summed E-state index contributed by atoms with van der Waals surface area (Å²) in [5.41, 5.74) is 1.36. The van der Waals surface area contributed by atoms with Gasteiger partial charge >= 0.3 is 0 Å². The molecule has 2 unspecified atom stereocenters. The fourth-order valence-corrected chi connectivity index (χ4v) is 3.83. The summed E-state index contributed by atoms with van der Waals surface area (Å²) in [4.78, 5) is 1.29. The van der Waals surface area contributed by atoms with Crippen molar-refractivity contribution >= 4 is 27.3 Å². The topological polar surface area (TPSA) is 21.3 Å². The van der Waals surface area contributed by atoms with E-state index in [1.807, 2.05) is 0 Å². The summed E-state index contributed by atoms with van der Waals surface area (Å²) in [6, 6.07) is 13.1. The molecule has 4 heteroatoms. The Morgan fingerprint density at radius 3 is 2.79 bits per heavy atom. The minimum Gasteiger partial charge on any atom is -0.370 e. The first kappa shape index (κ1) is 13.3. The van der Waals surface area contributed by atoms with Crippen LogP contribution in [0.5, 0.6) is 0 Å². The average Bonchev–Trinajstić information content (AvgIpc) is 2.87. The standard InChI is InChI=1S/C15H16BrNOS/c16-12-7-15(19-10-12)14-8-17-13(9-18-14)6-11-4-2-1-3-5-11/h1-5,7,10,13-14,17H,6,8-9H2. The van der Waals surface area contributed by atoms with E-state index in [0.29, 0.717) is 6.04 Å². The Balaban J connectivity index is 1.55.